The molecule has 1 amide bonds. The lowest BCUT2D eigenvalue weighted by Gasteiger charge is -2.10. The van der Waals surface area contributed by atoms with E-state index in [0.717, 1.165) is 37.8 Å². The van der Waals surface area contributed by atoms with Crippen LogP contribution >= 0.6 is 0 Å². The van der Waals surface area contributed by atoms with Gasteiger partial charge in [0.1, 0.15) is 0 Å². The molecule has 0 saturated heterocycles. The SMILES string of the molecule is CCCCC(=N)CCN(C)C=O. The highest BCUT2D eigenvalue weighted by molar-refractivity contribution is 5.81. The zero-order valence-corrected chi connectivity index (χ0v) is 7.97. The quantitative estimate of drug-likeness (QED) is 0.458. The zero-order chi connectivity index (χ0) is 9.40. The van der Waals surface area contributed by atoms with Gasteiger partial charge in [0, 0.05) is 25.7 Å². The first-order valence-electron chi connectivity index (χ1n) is 4.42. The minimum absolute atomic E-state index is 0.673. The van der Waals surface area contributed by atoms with Crippen molar-refractivity contribution in [2.75, 3.05) is 13.6 Å². The molecule has 0 spiro atoms. The maximum atomic E-state index is 10.2. The lowest BCUT2D eigenvalue weighted by molar-refractivity contribution is -0.116. The molecule has 3 heteroatoms. The van der Waals surface area contributed by atoms with Crippen molar-refractivity contribution in [2.24, 2.45) is 0 Å². The van der Waals surface area contributed by atoms with Crippen molar-refractivity contribution in [3.63, 3.8) is 0 Å². The largest absolute Gasteiger partial charge is 0.348 e. The molecule has 0 heterocycles. The number of rotatable bonds is 7. The summed E-state index contributed by atoms with van der Waals surface area (Å²) in [4.78, 5) is 11.8. The molecule has 0 aromatic rings. The van der Waals surface area contributed by atoms with Crippen LogP contribution in [0.25, 0.3) is 0 Å². The highest BCUT2D eigenvalue weighted by Gasteiger charge is 1.98. The van der Waals surface area contributed by atoms with Crippen LogP contribution in [0.3, 0.4) is 0 Å². The van der Waals surface area contributed by atoms with E-state index in [4.69, 9.17) is 5.41 Å². The van der Waals surface area contributed by atoms with Crippen LogP contribution < -0.4 is 0 Å². The molecule has 0 fully saturated rings. The predicted molar refractivity (Wildman–Crippen MR) is 50.6 cm³/mol. The second-order valence-electron chi connectivity index (χ2n) is 3.04. The molecule has 0 bridgehead atoms. The van der Waals surface area contributed by atoms with Gasteiger partial charge in [0.2, 0.25) is 6.41 Å². The normalized spacial score (nSPS) is 9.50. The first-order valence-corrected chi connectivity index (χ1v) is 4.42. The molecular weight excluding hydrogens is 152 g/mol. The third-order valence-corrected chi connectivity index (χ3v) is 1.78. The summed E-state index contributed by atoms with van der Waals surface area (Å²) in [6.07, 6.45) is 4.61. The molecule has 0 unspecified atom stereocenters. The first-order chi connectivity index (χ1) is 5.70. The van der Waals surface area contributed by atoms with Gasteiger partial charge in [0.05, 0.1) is 0 Å². The minimum atomic E-state index is 0.673. The van der Waals surface area contributed by atoms with Crippen LogP contribution in [0.15, 0.2) is 0 Å². The van der Waals surface area contributed by atoms with E-state index in [0.29, 0.717) is 6.54 Å². The van der Waals surface area contributed by atoms with Crippen LogP contribution in [0.4, 0.5) is 0 Å². The van der Waals surface area contributed by atoms with Gasteiger partial charge in [-0.25, -0.2) is 0 Å². The maximum absolute atomic E-state index is 10.2. The third-order valence-electron chi connectivity index (χ3n) is 1.78. The second-order valence-corrected chi connectivity index (χ2v) is 3.04. The summed E-state index contributed by atoms with van der Waals surface area (Å²) in [5.41, 5.74) is 0.755. The molecule has 1 N–H and O–H groups in total. The number of amides is 1. The number of carbonyl (C=O) groups excluding carboxylic acids is 1. The molecule has 0 radical (unpaired) electrons. The van der Waals surface area contributed by atoms with Crippen molar-refractivity contribution in [2.45, 2.75) is 32.6 Å². The lowest BCUT2D eigenvalue weighted by Crippen LogP contribution is -2.19. The lowest BCUT2D eigenvalue weighted by atomic mass is 10.1. The Balaban J connectivity index is 3.36. The molecular formula is C9H18N2O. The molecule has 0 aromatic heterocycles. The number of nitrogens with zero attached hydrogens (tertiary/aromatic N) is 1. The Morgan fingerprint density at radius 1 is 1.50 bits per heavy atom. The van der Waals surface area contributed by atoms with Crippen LogP contribution in [0.5, 0.6) is 0 Å². The number of unbranched alkanes of at least 4 members (excludes halogenated alkanes) is 1. The average Bonchev–Trinajstić information content (AvgIpc) is 2.10. The van der Waals surface area contributed by atoms with Gasteiger partial charge in [-0.1, -0.05) is 13.3 Å². The van der Waals surface area contributed by atoms with E-state index in [-0.39, 0.29) is 0 Å². The average molecular weight is 170 g/mol. The zero-order valence-electron chi connectivity index (χ0n) is 7.97. The van der Waals surface area contributed by atoms with Crippen molar-refractivity contribution >= 4 is 12.1 Å². The Morgan fingerprint density at radius 3 is 2.67 bits per heavy atom. The molecule has 0 aliphatic carbocycles. The Hall–Kier alpha value is -0.860. The van der Waals surface area contributed by atoms with E-state index in [1.165, 1.54) is 0 Å². The predicted octanol–water partition coefficient (Wildman–Crippen LogP) is 1.67. The fourth-order valence-corrected chi connectivity index (χ4v) is 0.879. The summed E-state index contributed by atoms with van der Waals surface area (Å²) in [7, 11) is 1.74. The number of carbonyl (C=O) groups is 1. The fourth-order valence-electron chi connectivity index (χ4n) is 0.879. The van der Waals surface area contributed by atoms with Gasteiger partial charge in [-0.2, -0.15) is 0 Å². The van der Waals surface area contributed by atoms with Crippen LogP contribution in [0.1, 0.15) is 32.6 Å². The van der Waals surface area contributed by atoms with E-state index in [1.54, 1.807) is 11.9 Å². The van der Waals surface area contributed by atoms with Gasteiger partial charge in [-0.05, 0) is 12.8 Å². The topological polar surface area (TPSA) is 44.2 Å². The molecule has 0 aliphatic heterocycles. The van der Waals surface area contributed by atoms with Gasteiger partial charge < -0.3 is 10.3 Å². The van der Waals surface area contributed by atoms with Gasteiger partial charge in [0.15, 0.2) is 0 Å². The summed E-state index contributed by atoms with van der Waals surface area (Å²) >= 11 is 0. The Kier molecular flexibility index (Phi) is 6.34. The van der Waals surface area contributed by atoms with Crippen LogP contribution in [0, 0.1) is 5.41 Å². The summed E-state index contributed by atoms with van der Waals surface area (Å²) < 4.78 is 0. The van der Waals surface area contributed by atoms with E-state index < -0.39 is 0 Å². The van der Waals surface area contributed by atoms with Crippen molar-refractivity contribution in [1.82, 2.24) is 4.90 Å². The van der Waals surface area contributed by atoms with Crippen molar-refractivity contribution in [3.05, 3.63) is 0 Å². The number of nitrogens with one attached hydrogen (secondary N) is 1. The van der Waals surface area contributed by atoms with Crippen LogP contribution in [-0.4, -0.2) is 30.6 Å². The molecule has 70 valence electrons. The van der Waals surface area contributed by atoms with Crippen molar-refractivity contribution in [1.29, 1.82) is 5.41 Å². The van der Waals surface area contributed by atoms with Crippen LogP contribution in [-0.2, 0) is 4.79 Å². The highest BCUT2D eigenvalue weighted by Crippen LogP contribution is 1.99. The maximum Gasteiger partial charge on any atom is 0.209 e. The molecule has 0 aliphatic rings. The van der Waals surface area contributed by atoms with Gasteiger partial charge in [0.25, 0.3) is 0 Å². The molecule has 0 saturated carbocycles. The summed E-state index contributed by atoms with van der Waals surface area (Å²) in [5, 5.41) is 7.52. The second kappa shape index (κ2) is 6.83. The smallest absolute Gasteiger partial charge is 0.209 e. The van der Waals surface area contributed by atoms with E-state index in [2.05, 4.69) is 6.92 Å². The third kappa shape index (κ3) is 5.89. The molecule has 0 aromatic carbocycles. The van der Waals surface area contributed by atoms with Crippen molar-refractivity contribution < 1.29 is 4.79 Å². The summed E-state index contributed by atoms with van der Waals surface area (Å²) in [5.74, 6) is 0. The number of hydrogen-bond donors (Lipinski definition) is 1. The summed E-state index contributed by atoms with van der Waals surface area (Å²) in [6, 6.07) is 0. The van der Waals surface area contributed by atoms with Crippen LogP contribution in [0.2, 0.25) is 0 Å². The molecule has 12 heavy (non-hydrogen) atoms. The monoisotopic (exact) mass is 170 g/mol. The Bertz CT molecular complexity index is 145. The van der Waals surface area contributed by atoms with E-state index >= 15 is 0 Å². The number of hydrogen-bond acceptors (Lipinski definition) is 2. The Labute approximate surface area is 74.3 Å². The minimum Gasteiger partial charge on any atom is -0.348 e. The fraction of sp³-hybridized carbons (Fsp3) is 0.778. The van der Waals surface area contributed by atoms with Gasteiger partial charge in [-0.15, -0.1) is 0 Å². The summed E-state index contributed by atoms with van der Waals surface area (Å²) in [6.45, 7) is 2.79. The molecule has 3 nitrogen and oxygen atoms in total. The van der Waals surface area contributed by atoms with E-state index in [1.807, 2.05) is 0 Å². The van der Waals surface area contributed by atoms with Gasteiger partial charge >= 0.3 is 0 Å². The first kappa shape index (κ1) is 11.1. The van der Waals surface area contributed by atoms with Gasteiger partial charge in [-0.3, -0.25) is 4.79 Å². The Morgan fingerprint density at radius 2 is 2.17 bits per heavy atom. The highest BCUT2D eigenvalue weighted by atomic mass is 16.1. The molecule has 0 rings (SSSR count). The molecule has 0 atom stereocenters. The van der Waals surface area contributed by atoms with Crippen molar-refractivity contribution in [3.8, 4) is 0 Å². The van der Waals surface area contributed by atoms with E-state index in [9.17, 15) is 4.79 Å². The standard InChI is InChI=1S/C9H18N2O/c1-3-4-5-9(10)6-7-11(2)8-12/h8,10H,3-7H2,1-2H3.